The number of nitriles is 2. The smallest absolute Gasteiger partial charge is 0.417 e. The molecule has 0 spiro atoms. The van der Waals surface area contributed by atoms with Crippen LogP contribution >= 0.6 is 24.4 Å². The summed E-state index contributed by atoms with van der Waals surface area (Å²) in [6.45, 7) is 12.5. The lowest BCUT2D eigenvalue weighted by Crippen LogP contribution is -2.44. The van der Waals surface area contributed by atoms with Crippen molar-refractivity contribution < 1.29 is 27.5 Å². The van der Waals surface area contributed by atoms with Crippen LogP contribution in [0.1, 0.15) is 81.0 Å². The van der Waals surface area contributed by atoms with E-state index in [-0.39, 0.29) is 33.3 Å². The Kier molecular flexibility index (Phi) is 15.4. The SMILES string of the molecule is CCc1nc2ccc(CC(C)(C)C(=O)OC)cc2c(=O)[nH]1.CCc1nc2ccc(N3C(=S)N(c4ccc(C#N)c(C(F)(F)F)c4)C(=O)C3(C)C)cc2c(=O)[nH]1.Cc1cc(N=C=S)ccc1C#N. The van der Waals surface area contributed by atoms with E-state index < -0.39 is 34.2 Å². The number of thiocarbonyl (C=S) groups is 2. The number of aromatic nitrogens is 4. The summed E-state index contributed by atoms with van der Waals surface area (Å²) in [5.74, 6) is 0.389. The first-order chi connectivity index (χ1) is 31.5. The number of anilines is 2. The number of benzene rings is 4. The molecule has 0 aliphatic carbocycles. The van der Waals surface area contributed by atoms with Gasteiger partial charge in [-0.15, -0.1) is 0 Å². The average molecular weight is 948 g/mol. The van der Waals surface area contributed by atoms with Crippen molar-refractivity contribution in [2.45, 2.75) is 79.4 Å². The van der Waals surface area contributed by atoms with Gasteiger partial charge in [-0.25, -0.2) is 9.97 Å². The highest BCUT2D eigenvalue weighted by Gasteiger charge is 2.51. The molecule has 1 aliphatic heterocycles. The molecule has 1 amide bonds. The number of hydrogen-bond acceptors (Lipinski definition) is 12. The molecule has 67 heavy (non-hydrogen) atoms. The number of aromatic amines is 2. The molecule has 4 aromatic carbocycles. The number of hydrogen-bond donors (Lipinski definition) is 2. The summed E-state index contributed by atoms with van der Waals surface area (Å²) in [6, 6.07) is 22.2. The van der Waals surface area contributed by atoms with Crippen LogP contribution in [0.4, 0.5) is 30.2 Å². The van der Waals surface area contributed by atoms with E-state index in [4.69, 9.17) is 27.5 Å². The van der Waals surface area contributed by atoms with Crippen molar-refractivity contribution in [2.75, 3.05) is 16.9 Å². The van der Waals surface area contributed by atoms with Crippen molar-refractivity contribution in [1.29, 1.82) is 10.5 Å². The second-order valence-electron chi connectivity index (χ2n) is 16.3. The van der Waals surface area contributed by atoms with Gasteiger partial charge in [-0.2, -0.15) is 28.7 Å². The molecule has 1 saturated heterocycles. The summed E-state index contributed by atoms with van der Waals surface area (Å²) < 4.78 is 45.3. The zero-order valence-electron chi connectivity index (χ0n) is 37.7. The fourth-order valence-electron chi connectivity index (χ4n) is 7.21. The van der Waals surface area contributed by atoms with Crippen LogP contribution in [0, 0.1) is 35.0 Å². The van der Waals surface area contributed by atoms with Gasteiger partial charge in [0.15, 0.2) is 5.11 Å². The Balaban J connectivity index is 0.000000215. The quantitative estimate of drug-likeness (QED) is 0.0834. The van der Waals surface area contributed by atoms with Gasteiger partial charge in [0.25, 0.3) is 17.0 Å². The molecule has 1 aliphatic rings. The molecule has 1 fully saturated rings. The van der Waals surface area contributed by atoms with Gasteiger partial charge in [-0.1, -0.05) is 19.9 Å². The first kappa shape index (κ1) is 50.6. The van der Waals surface area contributed by atoms with E-state index in [1.54, 1.807) is 56.3 Å². The molecule has 3 heterocycles. The molecule has 344 valence electrons. The number of ether oxygens (including phenoxy) is 1. The number of aryl methyl sites for hydroxylation is 3. The molecule has 14 nitrogen and oxygen atoms in total. The van der Waals surface area contributed by atoms with Crippen LogP contribution < -0.4 is 20.9 Å². The van der Waals surface area contributed by atoms with Crippen LogP contribution in [-0.2, 0) is 39.8 Å². The van der Waals surface area contributed by atoms with Crippen LogP contribution in [0.5, 0.6) is 0 Å². The normalized spacial score (nSPS) is 13.1. The van der Waals surface area contributed by atoms with E-state index in [9.17, 15) is 32.3 Å². The summed E-state index contributed by atoms with van der Waals surface area (Å²) in [7, 11) is 1.38. The van der Waals surface area contributed by atoms with Crippen molar-refractivity contribution in [2.24, 2.45) is 10.4 Å². The first-order valence-corrected chi connectivity index (χ1v) is 21.4. The number of H-pyrrole nitrogens is 2. The Bertz CT molecular complexity index is 3200. The van der Waals surface area contributed by atoms with Crippen LogP contribution in [0.15, 0.2) is 87.4 Å². The van der Waals surface area contributed by atoms with Crippen molar-refractivity contribution in [3.05, 3.63) is 133 Å². The predicted molar refractivity (Wildman–Crippen MR) is 256 cm³/mol. The maximum absolute atomic E-state index is 13.5. The number of methoxy groups -OCH3 is 1. The molecular formula is C48H44F3N9O5S2. The molecule has 7 rings (SSSR count). The van der Waals surface area contributed by atoms with Crippen LogP contribution in [0.3, 0.4) is 0 Å². The van der Waals surface area contributed by atoms with Gasteiger partial charge >= 0.3 is 12.1 Å². The van der Waals surface area contributed by atoms with Crippen molar-refractivity contribution >= 4 is 85.5 Å². The Morgan fingerprint density at radius 2 is 1.39 bits per heavy atom. The minimum atomic E-state index is -4.79. The third-order valence-electron chi connectivity index (χ3n) is 10.7. The highest BCUT2D eigenvalue weighted by Crippen LogP contribution is 2.40. The summed E-state index contributed by atoms with van der Waals surface area (Å²) in [5.41, 5.74) is 0.570. The van der Waals surface area contributed by atoms with E-state index in [0.29, 0.717) is 58.6 Å². The maximum Gasteiger partial charge on any atom is 0.417 e. The van der Waals surface area contributed by atoms with Crippen molar-refractivity contribution in [1.82, 2.24) is 19.9 Å². The van der Waals surface area contributed by atoms with E-state index in [1.807, 2.05) is 46.8 Å². The third kappa shape index (κ3) is 11.0. The van der Waals surface area contributed by atoms with E-state index in [0.717, 1.165) is 33.8 Å². The average Bonchev–Trinajstić information content (AvgIpc) is 3.47. The second kappa shape index (κ2) is 20.4. The summed E-state index contributed by atoms with van der Waals surface area (Å²) >= 11 is 9.99. The number of esters is 1. The molecular weight excluding hydrogens is 904 g/mol. The number of carbonyl (C=O) groups excluding carboxylic acids is 2. The number of aliphatic imine (C=N–C) groups is 1. The van der Waals surface area contributed by atoms with E-state index in [1.165, 1.54) is 24.1 Å². The molecule has 6 aromatic rings. The van der Waals surface area contributed by atoms with Gasteiger partial charge in [0.1, 0.15) is 17.2 Å². The number of amides is 1. The van der Waals surface area contributed by atoms with Crippen LogP contribution in [-0.4, -0.2) is 54.7 Å². The van der Waals surface area contributed by atoms with Gasteiger partial charge in [0, 0.05) is 18.5 Å². The zero-order chi connectivity index (χ0) is 49.6. The Morgan fingerprint density at radius 1 is 0.836 bits per heavy atom. The van der Waals surface area contributed by atoms with E-state index >= 15 is 0 Å². The Hall–Kier alpha value is -7.44. The molecule has 2 N–H and O–H groups in total. The number of carbonyl (C=O) groups is 2. The molecule has 2 aromatic heterocycles. The molecule has 0 atom stereocenters. The highest BCUT2D eigenvalue weighted by atomic mass is 32.1. The first-order valence-electron chi connectivity index (χ1n) is 20.6. The fourth-order valence-corrected chi connectivity index (χ4v) is 7.83. The second-order valence-corrected chi connectivity index (χ2v) is 16.9. The molecule has 19 heteroatoms. The molecule has 0 unspecified atom stereocenters. The predicted octanol–water partition coefficient (Wildman–Crippen LogP) is 9.12. The van der Waals surface area contributed by atoms with Crippen LogP contribution in [0.25, 0.3) is 21.8 Å². The number of fused-ring (bicyclic) bond motifs is 2. The van der Waals surface area contributed by atoms with Gasteiger partial charge < -0.3 is 19.6 Å². The summed E-state index contributed by atoms with van der Waals surface area (Å²) in [6.07, 6.45) is -3.05. The van der Waals surface area contributed by atoms with Gasteiger partial charge in [-0.3, -0.25) is 24.1 Å². The number of halogens is 3. The number of nitrogens with zero attached hydrogens (tertiary/aromatic N) is 7. The lowest BCUT2D eigenvalue weighted by atomic mass is 9.85. The summed E-state index contributed by atoms with van der Waals surface area (Å²) in [4.78, 5) is 70.2. The number of isothiocyanates is 1. The van der Waals surface area contributed by atoms with Gasteiger partial charge in [0.05, 0.1) is 79.7 Å². The molecule has 0 radical (unpaired) electrons. The third-order valence-corrected chi connectivity index (χ3v) is 11.2. The van der Waals surface area contributed by atoms with Crippen molar-refractivity contribution in [3.8, 4) is 12.1 Å². The maximum atomic E-state index is 13.5. The standard InChI is InChI=1S/C23H18F3N5O2S.C16H20N2O3.C9H6N2S/c1-4-18-28-17-8-7-14(9-15(17)19(32)29-18)31-21(34)30(20(33)22(31,2)3)13-6-5-12(11-27)16(10-13)23(24,25)26;1-5-13-17-12-7-6-10(8-11(12)14(19)18-13)9-16(2,3)15(20)21-4;1-7-4-9(11-6-12)3-2-8(7)5-10/h5-10H,4H2,1-3H3,(H,28,29,32);6-8H,5,9H2,1-4H3,(H,17,18,19);2-4H,1H3. The Labute approximate surface area is 393 Å². The number of nitrogens with one attached hydrogen (secondary N) is 2. The van der Waals surface area contributed by atoms with Gasteiger partial charge in [-0.05, 0) is 143 Å². The van der Waals surface area contributed by atoms with Crippen LogP contribution in [0.2, 0.25) is 0 Å². The minimum Gasteiger partial charge on any atom is -0.469 e. The van der Waals surface area contributed by atoms with E-state index in [2.05, 4.69) is 48.4 Å². The fraction of sp³-hybridized carbons (Fsp3) is 0.292. The summed E-state index contributed by atoms with van der Waals surface area (Å²) in [5, 5.41) is 20.7. The lowest BCUT2D eigenvalue weighted by Gasteiger charge is -2.29. The molecule has 0 bridgehead atoms. The zero-order valence-corrected chi connectivity index (χ0v) is 39.3. The number of rotatable bonds is 8. The highest BCUT2D eigenvalue weighted by molar-refractivity contribution is 7.81. The molecule has 0 saturated carbocycles. The minimum absolute atomic E-state index is 0.0539. The van der Waals surface area contributed by atoms with Gasteiger partial charge in [0.2, 0.25) is 0 Å². The largest absolute Gasteiger partial charge is 0.469 e. The lowest BCUT2D eigenvalue weighted by molar-refractivity contribution is -0.150. The topological polar surface area (TPSA) is 201 Å². The monoisotopic (exact) mass is 947 g/mol. The number of alkyl halides is 3. The van der Waals surface area contributed by atoms with Crippen molar-refractivity contribution in [3.63, 3.8) is 0 Å². The Morgan fingerprint density at radius 3 is 1.91 bits per heavy atom.